The van der Waals surface area contributed by atoms with Gasteiger partial charge in [-0.25, -0.2) is 4.98 Å². The monoisotopic (exact) mass is 281 g/mol. The van der Waals surface area contributed by atoms with E-state index in [1.165, 1.54) is 0 Å². The smallest absolute Gasteiger partial charge is 0.143 e. The van der Waals surface area contributed by atoms with Crippen molar-refractivity contribution < 1.29 is 4.74 Å². The Morgan fingerprint density at radius 2 is 2.05 bits per heavy atom. The predicted molar refractivity (Wildman–Crippen MR) is 84.0 cm³/mol. The molecule has 0 radical (unpaired) electrons. The van der Waals surface area contributed by atoms with Crippen LogP contribution in [0.5, 0.6) is 0 Å². The second-order valence-electron chi connectivity index (χ2n) is 4.58. The Kier molecular flexibility index (Phi) is 5.74. The standard InChI is InChI=1S/C17H19N3O/c1-2-21-10-6-9-19-17-15(12-18)11-16(13-20-17)14-7-4-3-5-8-14/h3-5,7-8,11,13H,2,6,9-10H2,1H3,(H,19,20). The summed E-state index contributed by atoms with van der Waals surface area (Å²) in [7, 11) is 0. The maximum absolute atomic E-state index is 9.28. The van der Waals surface area contributed by atoms with Gasteiger partial charge in [-0.05, 0) is 25.0 Å². The van der Waals surface area contributed by atoms with Crippen LogP contribution in [0.4, 0.5) is 5.82 Å². The van der Waals surface area contributed by atoms with E-state index >= 15 is 0 Å². The van der Waals surface area contributed by atoms with Gasteiger partial charge in [-0.3, -0.25) is 0 Å². The Bertz CT molecular complexity index is 605. The molecule has 0 bridgehead atoms. The van der Waals surface area contributed by atoms with Crippen molar-refractivity contribution in [2.24, 2.45) is 0 Å². The molecule has 0 saturated carbocycles. The first kappa shape index (κ1) is 15.0. The highest BCUT2D eigenvalue weighted by molar-refractivity contribution is 5.67. The SMILES string of the molecule is CCOCCCNc1ncc(-c2ccccc2)cc1C#N. The highest BCUT2D eigenvalue weighted by Crippen LogP contribution is 2.22. The third-order valence-electron chi connectivity index (χ3n) is 3.08. The zero-order valence-electron chi connectivity index (χ0n) is 12.2. The molecule has 108 valence electrons. The number of hydrogen-bond donors (Lipinski definition) is 1. The van der Waals surface area contributed by atoms with Crippen LogP contribution < -0.4 is 5.32 Å². The van der Waals surface area contributed by atoms with Gasteiger partial charge in [-0.2, -0.15) is 5.26 Å². The highest BCUT2D eigenvalue weighted by atomic mass is 16.5. The largest absolute Gasteiger partial charge is 0.382 e. The molecule has 0 aliphatic carbocycles. The minimum absolute atomic E-state index is 0.563. The van der Waals surface area contributed by atoms with Crippen molar-refractivity contribution in [3.63, 3.8) is 0 Å². The molecule has 0 amide bonds. The number of nitriles is 1. The van der Waals surface area contributed by atoms with E-state index in [-0.39, 0.29) is 0 Å². The van der Waals surface area contributed by atoms with Crippen LogP contribution in [0, 0.1) is 11.3 Å². The van der Waals surface area contributed by atoms with Crippen molar-refractivity contribution in [1.82, 2.24) is 4.98 Å². The molecule has 0 spiro atoms. The lowest BCUT2D eigenvalue weighted by Gasteiger charge is -2.09. The normalized spacial score (nSPS) is 10.1. The number of rotatable bonds is 7. The molecule has 0 aliphatic heterocycles. The number of ether oxygens (including phenoxy) is 1. The maximum atomic E-state index is 9.28. The molecule has 1 aromatic carbocycles. The summed E-state index contributed by atoms with van der Waals surface area (Å²) in [6.07, 6.45) is 2.68. The second-order valence-corrected chi connectivity index (χ2v) is 4.58. The summed E-state index contributed by atoms with van der Waals surface area (Å²) in [6.45, 7) is 4.17. The second kappa shape index (κ2) is 8.03. The van der Waals surface area contributed by atoms with Gasteiger partial charge in [0.1, 0.15) is 11.9 Å². The lowest BCUT2D eigenvalue weighted by molar-refractivity contribution is 0.147. The highest BCUT2D eigenvalue weighted by Gasteiger charge is 2.06. The van der Waals surface area contributed by atoms with E-state index in [4.69, 9.17) is 4.74 Å². The average molecular weight is 281 g/mol. The molecule has 1 aromatic heterocycles. The Morgan fingerprint density at radius 1 is 1.24 bits per heavy atom. The number of benzene rings is 1. The fraction of sp³-hybridized carbons (Fsp3) is 0.294. The van der Waals surface area contributed by atoms with E-state index < -0.39 is 0 Å². The fourth-order valence-corrected chi connectivity index (χ4v) is 2.00. The molecular formula is C17H19N3O. The molecule has 0 saturated heterocycles. The van der Waals surface area contributed by atoms with Gasteiger partial charge in [0.25, 0.3) is 0 Å². The lowest BCUT2D eigenvalue weighted by Crippen LogP contribution is -2.08. The van der Waals surface area contributed by atoms with Gasteiger partial charge < -0.3 is 10.1 Å². The van der Waals surface area contributed by atoms with Gasteiger partial charge in [0.15, 0.2) is 0 Å². The predicted octanol–water partition coefficient (Wildman–Crippen LogP) is 3.46. The molecular weight excluding hydrogens is 262 g/mol. The average Bonchev–Trinajstić information content (AvgIpc) is 2.55. The van der Waals surface area contributed by atoms with Gasteiger partial charge in [0.05, 0.1) is 5.56 Å². The summed E-state index contributed by atoms with van der Waals surface area (Å²) >= 11 is 0. The van der Waals surface area contributed by atoms with Gasteiger partial charge in [0.2, 0.25) is 0 Å². The van der Waals surface area contributed by atoms with Crippen molar-refractivity contribution in [2.45, 2.75) is 13.3 Å². The first-order chi connectivity index (χ1) is 10.3. The minimum atomic E-state index is 0.563. The van der Waals surface area contributed by atoms with Crippen LogP contribution in [-0.4, -0.2) is 24.7 Å². The van der Waals surface area contributed by atoms with Crippen LogP contribution in [0.1, 0.15) is 18.9 Å². The number of aromatic nitrogens is 1. The van der Waals surface area contributed by atoms with Crippen LogP contribution in [-0.2, 0) is 4.74 Å². The molecule has 2 rings (SSSR count). The number of nitrogens with zero attached hydrogens (tertiary/aromatic N) is 2. The van der Waals surface area contributed by atoms with Crippen molar-refractivity contribution in [3.8, 4) is 17.2 Å². The topological polar surface area (TPSA) is 57.9 Å². The van der Waals surface area contributed by atoms with Crippen LogP contribution in [0.3, 0.4) is 0 Å². The summed E-state index contributed by atoms with van der Waals surface area (Å²) in [6, 6.07) is 14.0. The summed E-state index contributed by atoms with van der Waals surface area (Å²) in [5.41, 5.74) is 2.57. The van der Waals surface area contributed by atoms with E-state index in [2.05, 4.69) is 16.4 Å². The summed E-state index contributed by atoms with van der Waals surface area (Å²) in [5, 5.41) is 12.5. The van der Waals surface area contributed by atoms with Gasteiger partial charge >= 0.3 is 0 Å². The van der Waals surface area contributed by atoms with Crippen molar-refractivity contribution in [3.05, 3.63) is 48.2 Å². The van der Waals surface area contributed by atoms with E-state index in [0.717, 1.165) is 30.7 Å². The van der Waals surface area contributed by atoms with Crippen molar-refractivity contribution in [1.29, 1.82) is 5.26 Å². The number of nitrogens with one attached hydrogen (secondary N) is 1. The maximum Gasteiger partial charge on any atom is 0.143 e. The third-order valence-corrected chi connectivity index (χ3v) is 3.08. The molecule has 4 nitrogen and oxygen atoms in total. The molecule has 1 heterocycles. The number of hydrogen-bond acceptors (Lipinski definition) is 4. The van der Waals surface area contributed by atoms with Gasteiger partial charge in [-0.15, -0.1) is 0 Å². The molecule has 4 heteroatoms. The lowest BCUT2D eigenvalue weighted by atomic mass is 10.1. The Morgan fingerprint density at radius 3 is 2.76 bits per heavy atom. The van der Waals surface area contributed by atoms with Crippen molar-refractivity contribution >= 4 is 5.82 Å². The first-order valence-corrected chi connectivity index (χ1v) is 7.12. The number of anilines is 1. The molecule has 0 unspecified atom stereocenters. The molecule has 0 atom stereocenters. The van der Waals surface area contributed by atoms with E-state index in [1.54, 1.807) is 6.20 Å². The van der Waals surface area contributed by atoms with Gasteiger partial charge in [0, 0.05) is 31.5 Å². The van der Waals surface area contributed by atoms with Crippen LogP contribution in [0.15, 0.2) is 42.6 Å². The summed E-state index contributed by atoms with van der Waals surface area (Å²) < 4.78 is 5.28. The van der Waals surface area contributed by atoms with E-state index in [0.29, 0.717) is 18.0 Å². The first-order valence-electron chi connectivity index (χ1n) is 7.12. The molecule has 1 N–H and O–H groups in total. The van der Waals surface area contributed by atoms with E-state index in [1.807, 2.05) is 43.3 Å². The van der Waals surface area contributed by atoms with Crippen LogP contribution >= 0.6 is 0 Å². The molecule has 21 heavy (non-hydrogen) atoms. The Hall–Kier alpha value is -2.38. The van der Waals surface area contributed by atoms with Gasteiger partial charge in [-0.1, -0.05) is 30.3 Å². The number of pyridine rings is 1. The Labute approximate surface area is 125 Å². The zero-order chi connectivity index (χ0) is 14.9. The fourth-order valence-electron chi connectivity index (χ4n) is 2.00. The zero-order valence-corrected chi connectivity index (χ0v) is 12.2. The molecule has 0 fully saturated rings. The minimum Gasteiger partial charge on any atom is -0.382 e. The summed E-state index contributed by atoms with van der Waals surface area (Å²) in [4.78, 5) is 4.37. The van der Waals surface area contributed by atoms with Crippen LogP contribution in [0.2, 0.25) is 0 Å². The third kappa shape index (κ3) is 4.30. The molecule has 2 aromatic rings. The van der Waals surface area contributed by atoms with Crippen LogP contribution in [0.25, 0.3) is 11.1 Å². The summed E-state index contributed by atoms with van der Waals surface area (Å²) in [5.74, 6) is 0.633. The van der Waals surface area contributed by atoms with E-state index in [9.17, 15) is 5.26 Å². The Balaban J connectivity index is 2.05. The van der Waals surface area contributed by atoms with Crippen molar-refractivity contribution in [2.75, 3.05) is 25.1 Å². The quantitative estimate of drug-likeness (QED) is 0.790. The molecule has 0 aliphatic rings.